The van der Waals surface area contributed by atoms with Gasteiger partial charge in [-0.3, -0.25) is 9.89 Å². The summed E-state index contributed by atoms with van der Waals surface area (Å²) in [6.07, 6.45) is 1.91. The van der Waals surface area contributed by atoms with E-state index >= 15 is 0 Å². The smallest absolute Gasteiger partial charge is 0.220 e. The molecule has 5 nitrogen and oxygen atoms in total. The largest absolute Gasteiger partial charge is 0.346 e. The minimum Gasteiger partial charge on any atom is -0.346 e. The second-order valence-electron chi connectivity index (χ2n) is 2.51. The van der Waals surface area contributed by atoms with Crippen LogP contribution in [0, 0.1) is 0 Å². The minimum atomic E-state index is -0.0973. The molecule has 0 aromatic carbocycles. The quantitative estimate of drug-likeness (QED) is 0.686. The highest BCUT2D eigenvalue weighted by atomic mass is 16.1. The van der Waals surface area contributed by atoms with E-state index in [4.69, 9.17) is 0 Å². The molecule has 0 aliphatic rings. The van der Waals surface area contributed by atoms with Crippen molar-refractivity contribution < 1.29 is 4.79 Å². The van der Waals surface area contributed by atoms with E-state index in [1.54, 1.807) is 0 Å². The van der Waals surface area contributed by atoms with Crippen LogP contribution in [-0.4, -0.2) is 21.1 Å². The van der Waals surface area contributed by atoms with E-state index in [-0.39, 0.29) is 11.9 Å². The zero-order chi connectivity index (χ0) is 8.97. The first kappa shape index (κ1) is 8.70. The van der Waals surface area contributed by atoms with Crippen LogP contribution in [0.2, 0.25) is 0 Å². The van der Waals surface area contributed by atoms with Crippen LogP contribution >= 0.6 is 0 Å². The van der Waals surface area contributed by atoms with Crippen LogP contribution in [0.3, 0.4) is 0 Å². The summed E-state index contributed by atoms with van der Waals surface area (Å²) in [7, 11) is 0. The highest BCUT2D eigenvalue weighted by Crippen LogP contribution is 2.03. The van der Waals surface area contributed by atoms with Crippen LogP contribution in [0.15, 0.2) is 6.33 Å². The number of H-pyrrole nitrogens is 1. The second kappa shape index (κ2) is 3.85. The molecule has 66 valence electrons. The summed E-state index contributed by atoms with van der Waals surface area (Å²) in [5.41, 5.74) is 0. The molecule has 1 unspecified atom stereocenters. The lowest BCUT2D eigenvalue weighted by atomic mass is 10.3. The molecule has 2 N–H and O–H groups in total. The Labute approximate surface area is 70.6 Å². The van der Waals surface area contributed by atoms with Crippen LogP contribution < -0.4 is 5.32 Å². The van der Waals surface area contributed by atoms with Crippen molar-refractivity contribution in [2.24, 2.45) is 0 Å². The number of aromatic amines is 1. The lowest BCUT2D eigenvalue weighted by molar-refractivity contribution is -0.121. The van der Waals surface area contributed by atoms with Crippen molar-refractivity contribution in [1.82, 2.24) is 20.5 Å². The summed E-state index contributed by atoms with van der Waals surface area (Å²) >= 11 is 0. The van der Waals surface area contributed by atoms with E-state index in [1.807, 2.05) is 13.8 Å². The summed E-state index contributed by atoms with van der Waals surface area (Å²) in [4.78, 5) is 14.9. The first-order valence-corrected chi connectivity index (χ1v) is 3.88. The Balaban J connectivity index is 2.49. The third-order valence-corrected chi connectivity index (χ3v) is 1.54. The van der Waals surface area contributed by atoms with Gasteiger partial charge in [-0.05, 0) is 6.92 Å². The number of nitrogens with one attached hydrogen (secondary N) is 2. The van der Waals surface area contributed by atoms with Gasteiger partial charge in [-0.1, -0.05) is 6.92 Å². The van der Waals surface area contributed by atoms with Gasteiger partial charge in [0.15, 0.2) is 0 Å². The Morgan fingerprint density at radius 1 is 1.83 bits per heavy atom. The number of carbonyl (C=O) groups excluding carboxylic acids is 1. The number of amides is 1. The van der Waals surface area contributed by atoms with Crippen LogP contribution in [0.4, 0.5) is 0 Å². The maximum Gasteiger partial charge on any atom is 0.220 e. The average molecular weight is 168 g/mol. The third kappa shape index (κ3) is 2.05. The topological polar surface area (TPSA) is 70.7 Å². The first-order valence-electron chi connectivity index (χ1n) is 3.88. The number of hydrogen-bond donors (Lipinski definition) is 2. The fraction of sp³-hybridized carbons (Fsp3) is 0.571. The summed E-state index contributed by atoms with van der Waals surface area (Å²) < 4.78 is 0. The Bertz CT molecular complexity index is 244. The van der Waals surface area contributed by atoms with Gasteiger partial charge in [0, 0.05) is 6.42 Å². The lowest BCUT2D eigenvalue weighted by Crippen LogP contribution is -2.26. The van der Waals surface area contributed by atoms with Gasteiger partial charge >= 0.3 is 0 Å². The Kier molecular flexibility index (Phi) is 2.79. The van der Waals surface area contributed by atoms with Crippen molar-refractivity contribution in [3.8, 4) is 0 Å². The molecule has 12 heavy (non-hydrogen) atoms. The van der Waals surface area contributed by atoms with Gasteiger partial charge in [-0.25, -0.2) is 4.98 Å². The Morgan fingerprint density at radius 2 is 2.58 bits per heavy atom. The van der Waals surface area contributed by atoms with E-state index in [0.717, 1.165) is 0 Å². The summed E-state index contributed by atoms with van der Waals surface area (Å²) in [6.45, 7) is 3.66. The average Bonchev–Trinajstić information content (AvgIpc) is 2.56. The molecule has 5 heteroatoms. The molecule has 0 saturated heterocycles. The van der Waals surface area contributed by atoms with Crippen molar-refractivity contribution in [1.29, 1.82) is 0 Å². The van der Waals surface area contributed by atoms with Crippen LogP contribution in [0.1, 0.15) is 32.1 Å². The van der Waals surface area contributed by atoms with Gasteiger partial charge in [0.05, 0.1) is 6.04 Å². The van der Waals surface area contributed by atoms with Crippen LogP contribution in [-0.2, 0) is 4.79 Å². The molecular formula is C7H12N4O. The molecule has 1 aromatic heterocycles. The summed E-state index contributed by atoms with van der Waals surface area (Å²) in [6, 6.07) is -0.0973. The summed E-state index contributed by atoms with van der Waals surface area (Å²) in [5, 5.41) is 9.14. The van der Waals surface area contributed by atoms with Crippen LogP contribution in [0.5, 0.6) is 0 Å². The van der Waals surface area contributed by atoms with Gasteiger partial charge in [0.1, 0.15) is 12.2 Å². The number of aromatic nitrogens is 3. The standard InChI is InChI=1S/C7H12N4O/c1-3-6(12)10-5(2)7-8-4-9-11-7/h4-5H,3H2,1-2H3,(H,10,12)(H,8,9,11). The second-order valence-corrected chi connectivity index (χ2v) is 2.51. The van der Waals surface area contributed by atoms with Crippen molar-refractivity contribution in [3.63, 3.8) is 0 Å². The van der Waals surface area contributed by atoms with Gasteiger partial charge in [0.2, 0.25) is 5.91 Å². The molecule has 0 aliphatic heterocycles. The first-order chi connectivity index (χ1) is 5.74. The predicted molar refractivity (Wildman–Crippen MR) is 43.2 cm³/mol. The molecule has 1 rings (SSSR count). The number of carbonyl (C=O) groups is 1. The molecule has 1 heterocycles. The van der Waals surface area contributed by atoms with Crippen molar-refractivity contribution >= 4 is 5.91 Å². The SMILES string of the molecule is CCC(=O)NC(C)c1ncn[nH]1. The van der Waals surface area contributed by atoms with Gasteiger partial charge in [-0.2, -0.15) is 5.10 Å². The fourth-order valence-corrected chi connectivity index (χ4v) is 0.835. The van der Waals surface area contributed by atoms with Gasteiger partial charge in [0.25, 0.3) is 0 Å². The third-order valence-electron chi connectivity index (χ3n) is 1.54. The molecule has 1 aromatic rings. The molecule has 0 radical (unpaired) electrons. The van der Waals surface area contributed by atoms with E-state index in [0.29, 0.717) is 12.2 Å². The molecular weight excluding hydrogens is 156 g/mol. The van der Waals surface area contributed by atoms with Gasteiger partial charge < -0.3 is 5.32 Å². The molecule has 0 saturated carbocycles. The molecule has 1 atom stereocenters. The van der Waals surface area contributed by atoms with Crippen molar-refractivity contribution in [3.05, 3.63) is 12.2 Å². The zero-order valence-corrected chi connectivity index (χ0v) is 7.16. The number of hydrogen-bond acceptors (Lipinski definition) is 3. The minimum absolute atomic E-state index is 0.0129. The van der Waals surface area contributed by atoms with E-state index in [2.05, 4.69) is 20.5 Å². The molecule has 0 spiro atoms. The molecule has 0 aliphatic carbocycles. The van der Waals surface area contributed by atoms with Crippen molar-refractivity contribution in [2.75, 3.05) is 0 Å². The van der Waals surface area contributed by atoms with E-state index in [9.17, 15) is 4.79 Å². The van der Waals surface area contributed by atoms with Crippen LogP contribution in [0.25, 0.3) is 0 Å². The molecule has 0 fully saturated rings. The number of rotatable bonds is 3. The lowest BCUT2D eigenvalue weighted by Gasteiger charge is -2.08. The molecule has 0 bridgehead atoms. The number of nitrogens with zero attached hydrogens (tertiary/aromatic N) is 2. The maximum absolute atomic E-state index is 10.9. The normalized spacial score (nSPS) is 12.5. The highest BCUT2D eigenvalue weighted by molar-refractivity contribution is 5.75. The zero-order valence-electron chi connectivity index (χ0n) is 7.16. The monoisotopic (exact) mass is 168 g/mol. The fourth-order valence-electron chi connectivity index (χ4n) is 0.835. The Morgan fingerprint density at radius 3 is 3.08 bits per heavy atom. The predicted octanol–water partition coefficient (Wildman–Crippen LogP) is 0.392. The molecule has 1 amide bonds. The summed E-state index contributed by atoms with van der Waals surface area (Å²) in [5.74, 6) is 0.690. The van der Waals surface area contributed by atoms with E-state index < -0.39 is 0 Å². The highest BCUT2D eigenvalue weighted by Gasteiger charge is 2.09. The van der Waals surface area contributed by atoms with Gasteiger partial charge in [-0.15, -0.1) is 0 Å². The Hall–Kier alpha value is -1.39. The maximum atomic E-state index is 10.9. The van der Waals surface area contributed by atoms with E-state index in [1.165, 1.54) is 6.33 Å². The van der Waals surface area contributed by atoms with Crippen molar-refractivity contribution in [2.45, 2.75) is 26.3 Å².